The molecular weight excluding hydrogens is 266 g/mol. The third-order valence-corrected chi connectivity index (χ3v) is 0.957. The molecule has 8 N–H and O–H groups in total. The maximum Gasteiger partial charge on any atom is 0.00772 e. The van der Waals surface area contributed by atoms with Gasteiger partial charge in [0.05, 0.1) is 0 Å². The van der Waals surface area contributed by atoms with Gasteiger partial charge in [-0.1, -0.05) is 0 Å². The van der Waals surface area contributed by atoms with Crippen LogP contribution in [0, 0.1) is 0 Å². The Bertz CT molecular complexity index is 40.9. The fourth-order valence-electron chi connectivity index (χ4n) is 0.604. The first-order valence-electron chi connectivity index (χ1n) is 2.41. The number of hydrogen-bond acceptors (Lipinski definition) is 2. The summed E-state index contributed by atoms with van der Waals surface area (Å²) in [6.07, 6.45) is 0. The summed E-state index contributed by atoms with van der Waals surface area (Å²) in [4.78, 5) is 0. The van der Waals surface area contributed by atoms with Gasteiger partial charge in [-0.05, 0) is 0 Å². The lowest BCUT2D eigenvalue weighted by atomic mass is 10.4. The number of halogens is 4. The zero-order valence-electron chi connectivity index (χ0n) is 6.96. The van der Waals surface area contributed by atoms with E-state index in [1.807, 2.05) is 0 Å². The Labute approximate surface area is 103 Å². The predicted octanol–water partition coefficient (Wildman–Crippen LogP) is -1.61. The smallest absolute Gasteiger partial charge is 0.00772 e. The lowest BCUT2D eigenvalue weighted by molar-refractivity contribution is 0.534. The molecule has 0 atom stereocenters. The molecule has 1 aliphatic rings. The van der Waals surface area contributed by atoms with Crippen molar-refractivity contribution in [2.75, 3.05) is 26.2 Å². The van der Waals surface area contributed by atoms with Crippen molar-refractivity contribution in [3.8, 4) is 0 Å². The second-order valence-corrected chi connectivity index (χ2v) is 1.50. The highest BCUT2D eigenvalue weighted by atomic mass is 35.5. The molecule has 1 aliphatic heterocycles. The van der Waals surface area contributed by atoms with Crippen LogP contribution in [0.2, 0.25) is 0 Å². The van der Waals surface area contributed by atoms with Crippen LogP contribution in [0.1, 0.15) is 0 Å². The quantitative estimate of drug-likeness (QED) is 0.557. The molecule has 1 fully saturated rings. The summed E-state index contributed by atoms with van der Waals surface area (Å²) in [6.45, 7) is 4.56. The van der Waals surface area contributed by atoms with Gasteiger partial charge in [0.1, 0.15) is 0 Å². The van der Waals surface area contributed by atoms with Crippen LogP contribution in [0.25, 0.3) is 0 Å². The summed E-state index contributed by atoms with van der Waals surface area (Å²) in [5.74, 6) is 0. The first-order valence-corrected chi connectivity index (χ1v) is 2.41. The van der Waals surface area contributed by atoms with Crippen molar-refractivity contribution in [3.63, 3.8) is 0 Å². The molecule has 0 aromatic carbocycles. The van der Waals surface area contributed by atoms with Crippen LogP contribution < -0.4 is 10.6 Å². The van der Waals surface area contributed by atoms with Gasteiger partial charge in [0.25, 0.3) is 0 Å². The fourth-order valence-corrected chi connectivity index (χ4v) is 0.604. The van der Waals surface area contributed by atoms with E-state index in [1.165, 1.54) is 0 Å². The number of rotatable bonds is 0. The molecule has 0 aromatic heterocycles. The summed E-state index contributed by atoms with van der Waals surface area (Å²) >= 11 is 0. The molecule has 5 nitrogen and oxygen atoms in total. The van der Waals surface area contributed by atoms with Gasteiger partial charge >= 0.3 is 0 Å². The van der Waals surface area contributed by atoms with Crippen LogP contribution in [-0.2, 0) is 0 Å². The van der Waals surface area contributed by atoms with Crippen molar-refractivity contribution in [3.05, 3.63) is 0 Å². The molecule has 9 heteroatoms. The number of hydrogen-bond donors (Lipinski definition) is 2. The van der Waals surface area contributed by atoms with Crippen molar-refractivity contribution in [1.29, 1.82) is 0 Å². The van der Waals surface area contributed by atoms with E-state index in [1.54, 1.807) is 0 Å². The average molecular weight is 286 g/mol. The van der Waals surface area contributed by atoms with E-state index in [-0.39, 0.29) is 66.1 Å². The van der Waals surface area contributed by atoms with E-state index in [0.29, 0.717) is 0 Å². The highest BCUT2D eigenvalue weighted by Gasteiger charge is 1.91. The molecule has 1 heterocycles. The number of piperazine rings is 1. The Morgan fingerprint density at radius 2 is 0.615 bits per heavy atom. The first kappa shape index (κ1) is 48.4. The minimum atomic E-state index is 0. The Kier molecular flexibility index (Phi) is 142. The molecule has 0 spiro atoms. The van der Waals surface area contributed by atoms with Gasteiger partial charge in [0, 0.05) is 26.2 Å². The maximum atomic E-state index is 3.22. The van der Waals surface area contributed by atoms with E-state index in [4.69, 9.17) is 0 Å². The minimum Gasteiger partial charge on any atom is -0.412 e. The molecule has 0 saturated carbocycles. The Hall–Kier alpha value is 0.960. The average Bonchev–Trinajstić information content (AvgIpc) is 1.72. The summed E-state index contributed by atoms with van der Waals surface area (Å²) in [7, 11) is 0. The van der Waals surface area contributed by atoms with Gasteiger partial charge in [-0.15, -0.1) is 49.6 Å². The monoisotopic (exact) mass is 284 g/mol. The van der Waals surface area contributed by atoms with E-state index < -0.39 is 0 Å². The van der Waals surface area contributed by atoms with Crippen molar-refractivity contribution in [2.45, 2.75) is 0 Å². The van der Waals surface area contributed by atoms with E-state index in [2.05, 4.69) is 10.6 Å². The normalized spacial score (nSPS) is 11.1. The van der Waals surface area contributed by atoms with E-state index >= 15 is 0 Å². The topological polar surface area (TPSA) is 119 Å². The lowest BCUT2D eigenvalue weighted by Crippen LogP contribution is -2.39. The maximum absolute atomic E-state index is 3.22. The van der Waals surface area contributed by atoms with E-state index in [9.17, 15) is 0 Å². The third kappa shape index (κ3) is 32.1. The Morgan fingerprint density at radius 1 is 0.462 bits per heavy atom. The molecule has 92 valence electrons. The molecule has 0 aliphatic carbocycles. The van der Waals surface area contributed by atoms with Gasteiger partial charge in [-0.3, -0.25) is 0 Å². The summed E-state index contributed by atoms with van der Waals surface area (Å²) in [5.41, 5.74) is 0. The van der Waals surface area contributed by atoms with Crippen LogP contribution in [0.15, 0.2) is 0 Å². The second kappa shape index (κ2) is 38.3. The van der Waals surface area contributed by atoms with Crippen LogP contribution in [0.4, 0.5) is 0 Å². The van der Waals surface area contributed by atoms with Crippen molar-refractivity contribution in [2.24, 2.45) is 0 Å². The summed E-state index contributed by atoms with van der Waals surface area (Å²) in [6, 6.07) is 0. The van der Waals surface area contributed by atoms with Gasteiger partial charge in [-0.25, -0.2) is 0 Å². The van der Waals surface area contributed by atoms with Crippen molar-refractivity contribution >= 4 is 49.6 Å². The Morgan fingerprint density at radius 3 is 0.692 bits per heavy atom. The third-order valence-electron chi connectivity index (χ3n) is 0.957. The van der Waals surface area contributed by atoms with Crippen LogP contribution >= 0.6 is 49.6 Å². The van der Waals surface area contributed by atoms with Crippen molar-refractivity contribution in [1.82, 2.24) is 10.6 Å². The molecule has 0 aromatic rings. The standard InChI is InChI=1S/C4H10N2.4ClH.3H2O/c1-2-6-4-3-5-1;;;;;;;/h5-6H,1-4H2;4*1H;3*1H2. The zero-order valence-corrected chi connectivity index (χ0v) is 10.2. The van der Waals surface area contributed by atoms with E-state index in [0.717, 1.165) is 26.2 Å². The largest absolute Gasteiger partial charge is 0.412 e. The molecule has 0 bridgehead atoms. The second-order valence-electron chi connectivity index (χ2n) is 1.50. The van der Waals surface area contributed by atoms with Gasteiger partial charge in [-0.2, -0.15) is 0 Å². The molecular formula is C4H20Cl4N2O3. The first-order chi connectivity index (χ1) is 3.00. The molecule has 1 rings (SSSR count). The molecule has 1 saturated heterocycles. The highest BCUT2D eigenvalue weighted by Crippen LogP contribution is 1.65. The van der Waals surface area contributed by atoms with Crippen LogP contribution in [-0.4, -0.2) is 42.6 Å². The summed E-state index contributed by atoms with van der Waals surface area (Å²) < 4.78 is 0. The molecule has 13 heavy (non-hydrogen) atoms. The van der Waals surface area contributed by atoms with Crippen LogP contribution in [0.5, 0.6) is 0 Å². The fraction of sp³-hybridized carbons (Fsp3) is 1.00. The SMILES string of the molecule is C1CNCCN1.Cl.Cl.Cl.Cl.O.O.O. The van der Waals surface area contributed by atoms with Crippen molar-refractivity contribution < 1.29 is 16.4 Å². The van der Waals surface area contributed by atoms with Gasteiger partial charge in [0.2, 0.25) is 0 Å². The zero-order chi connectivity index (χ0) is 4.24. The number of nitrogens with one attached hydrogen (secondary N) is 2. The highest BCUT2D eigenvalue weighted by molar-refractivity contribution is 5.86. The lowest BCUT2D eigenvalue weighted by Gasteiger charge is -2.11. The molecule has 0 amide bonds. The van der Waals surface area contributed by atoms with Gasteiger partial charge in [0.15, 0.2) is 0 Å². The summed E-state index contributed by atoms with van der Waals surface area (Å²) in [5, 5.41) is 6.44. The van der Waals surface area contributed by atoms with Gasteiger partial charge < -0.3 is 27.1 Å². The minimum absolute atomic E-state index is 0. The molecule has 0 unspecified atom stereocenters. The molecule has 0 radical (unpaired) electrons. The van der Waals surface area contributed by atoms with Crippen LogP contribution in [0.3, 0.4) is 0 Å². The predicted molar refractivity (Wildman–Crippen MR) is 65.6 cm³/mol. The Balaban J connectivity index is -0.0000000103.